The number of likely N-dealkylation sites (tertiary alicyclic amines) is 1. The van der Waals surface area contributed by atoms with Crippen molar-refractivity contribution in [2.75, 3.05) is 19.7 Å². The first-order chi connectivity index (χ1) is 9.24. The molecule has 1 aromatic carbocycles. The first kappa shape index (κ1) is 12.3. The number of rotatable bonds is 1. The first-order valence-electron chi connectivity index (χ1n) is 6.59. The Morgan fingerprint density at radius 3 is 2.63 bits per heavy atom. The third-order valence-corrected chi connectivity index (χ3v) is 3.56. The lowest BCUT2D eigenvalue weighted by molar-refractivity contribution is -0.143. The molecule has 1 saturated heterocycles. The maximum absolute atomic E-state index is 12.3. The lowest BCUT2D eigenvalue weighted by atomic mass is 10.1. The van der Waals surface area contributed by atoms with E-state index in [-0.39, 0.29) is 18.6 Å². The third kappa shape index (κ3) is 2.51. The summed E-state index contributed by atoms with van der Waals surface area (Å²) >= 11 is 0. The summed E-state index contributed by atoms with van der Waals surface area (Å²) in [6, 6.07) is 7.35. The predicted molar refractivity (Wildman–Crippen MR) is 68.2 cm³/mol. The topological polar surface area (TPSA) is 59.0 Å². The fourth-order valence-corrected chi connectivity index (χ4v) is 2.43. The highest BCUT2D eigenvalue weighted by atomic mass is 16.6. The highest BCUT2D eigenvalue weighted by Gasteiger charge is 2.32. The maximum Gasteiger partial charge on any atom is 0.267 e. The molecule has 0 aliphatic carbocycles. The summed E-state index contributed by atoms with van der Waals surface area (Å²) in [5, 5.41) is 9.46. The van der Waals surface area contributed by atoms with E-state index in [0.717, 1.165) is 0 Å². The molecule has 2 aliphatic rings. The molecule has 5 heteroatoms. The number of hydrogen-bond acceptors (Lipinski definition) is 4. The number of ether oxygens (including phenoxy) is 2. The van der Waals surface area contributed by atoms with E-state index in [4.69, 9.17) is 9.47 Å². The number of hydrogen-bond donors (Lipinski definition) is 1. The van der Waals surface area contributed by atoms with Crippen molar-refractivity contribution in [1.29, 1.82) is 0 Å². The van der Waals surface area contributed by atoms with Crippen LogP contribution in [0, 0.1) is 0 Å². The second kappa shape index (κ2) is 5.09. The van der Waals surface area contributed by atoms with Gasteiger partial charge in [-0.25, -0.2) is 0 Å². The molecule has 2 heterocycles. The molecule has 0 bridgehead atoms. The molecule has 0 radical (unpaired) electrons. The van der Waals surface area contributed by atoms with Gasteiger partial charge in [0.1, 0.15) is 6.61 Å². The zero-order valence-corrected chi connectivity index (χ0v) is 10.6. The van der Waals surface area contributed by atoms with Crippen LogP contribution in [-0.4, -0.2) is 47.8 Å². The van der Waals surface area contributed by atoms with Crippen LogP contribution in [0.2, 0.25) is 0 Å². The van der Waals surface area contributed by atoms with Crippen LogP contribution in [0.3, 0.4) is 0 Å². The van der Waals surface area contributed by atoms with E-state index >= 15 is 0 Å². The predicted octanol–water partition coefficient (Wildman–Crippen LogP) is 0.810. The number of benzene rings is 1. The van der Waals surface area contributed by atoms with Crippen LogP contribution in [-0.2, 0) is 4.79 Å². The Bertz CT molecular complexity index is 468. The molecule has 1 amide bonds. The van der Waals surface area contributed by atoms with E-state index in [9.17, 15) is 9.90 Å². The minimum atomic E-state index is -0.579. The van der Waals surface area contributed by atoms with Gasteiger partial charge in [-0.2, -0.15) is 0 Å². The Kier molecular flexibility index (Phi) is 3.29. The summed E-state index contributed by atoms with van der Waals surface area (Å²) < 4.78 is 11.2. The van der Waals surface area contributed by atoms with E-state index in [1.807, 2.05) is 18.2 Å². The normalized spacial score (nSPS) is 23.2. The molecule has 3 rings (SSSR count). The van der Waals surface area contributed by atoms with Crippen molar-refractivity contribution in [2.45, 2.75) is 25.0 Å². The Morgan fingerprint density at radius 1 is 1.21 bits per heavy atom. The quantitative estimate of drug-likeness (QED) is 0.814. The lowest BCUT2D eigenvalue weighted by Crippen LogP contribution is -2.49. The zero-order chi connectivity index (χ0) is 13.2. The molecular weight excluding hydrogens is 246 g/mol. The molecule has 19 heavy (non-hydrogen) atoms. The minimum absolute atomic E-state index is 0.0543. The lowest BCUT2D eigenvalue weighted by Gasteiger charge is -2.34. The van der Waals surface area contributed by atoms with Crippen molar-refractivity contribution in [2.24, 2.45) is 0 Å². The number of fused-ring (bicyclic) bond motifs is 1. The Morgan fingerprint density at radius 2 is 1.89 bits per heavy atom. The van der Waals surface area contributed by atoms with Gasteiger partial charge in [0, 0.05) is 13.1 Å². The number of nitrogens with zero attached hydrogens (tertiary/aromatic N) is 1. The number of carbonyl (C=O) groups is 1. The van der Waals surface area contributed by atoms with Gasteiger partial charge < -0.3 is 19.5 Å². The van der Waals surface area contributed by atoms with E-state index in [2.05, 4.69) is 0 Å². The monoisotopic (exact) mass is 263 g/mol. The summed E-state index contributed by atoms with van der Waals surface area (Å²) in [4.78, 5) is 14.1. The zero-order valence-electron chi connectivity index (χ0n) is 10.6. The fourth-order valence-electron chi connectivity index (χ4n) is 2.43. The fraction of sp³-hybridized carbons (Fsp3) is 0.500. The molecule has 102 valence electrons. The summed E-state index contributed by atoms with van der Waals surface area (Å²) in [5.41, 5.74) is 0. The molecular formula is C14H17NO4. The van der Waals surface area contributed by atoms with Crippen LogP contribution in [0.25, 0.3) is 0 Å². The van der Waals surface area contributed by atoms with Gasteiger partial charge in [-0.05, 0) is 25.0 Å². The second-order valence-corrected chi connectivity index (χ2v) is 4.92. The van der Waals surface area contributed by atoms with Crippen LogP contribution in [0.5, 0.6) is 11.5 Å². The smallest absolute Gasteiger partial charge is 0.267 e. The van der Waals surface area contributed by atoms with Crippen LogP contribution < -0.4 is 9.47 Å². The molecule has 1 fully saturated rings. The van der Waals surface area contributed by atoms with Crippen molar-refractivity contribution in [3.05, 3.63) is 24.3 Å². The average Bonchev–Trinajstić information content (AvgIpc) is 2.47. The molecule has 1 atom stereocenters. The molecule has 1 N–H and O–H groups in total. The van der Waals surface area contributed by atoms with Gasteiger partial charge >= 0.3 is 0 Å². The maximum atomic E-state index is 12.3. The minimum Gasteiger partial charge on any atom is -0.485 e. The number of para-hydroxylation sites is 2. The summed E-state index contributed by atoms with van der Waals surface area (Å²) in [7, 11) is 0. The highest BCUT2D eigenvalue weighted by molar-refractivity contribution is 5.82. The van der Waals surface area contributed by atoms with E-state index in [1.54, 1.807) is 11.0 Å². The number of carbonyl (C=O) groups excluding carboxylic acids is 1. The summed E-state index contributed by atoms with van der Waals surface area (Å²) in [6.45, 7) is 1.41. The van der Waals surface area contributed by atoms with Gasteiger partial charge in [0.2, 0.25) is 6.10 Å². The second-order valence-electron chi connectivity index (χ2n) is 4.92. The summed E-state index contributed by atoms with van der Waals surface area (Å²) in [6.07, 6.45) is 0.407. The Hall–Kier alpha value is -1.75. The molecule has 2 aliphatic heterocycles. The number of aliphatic hydroxyl groups excluding tert-OH is 1. The van der Waals surface area contributed by atoms with E-state index < -0.39 is 6.10 Å². The Balaban J connectivity index is 1.66. The van der Waals surface area contributed by atoms with Gasteiger partial charge in [0.15, 0.2) is 11.5 Å². The first-order valence-corrected chi connectivity index (χ1v) is 6.59. The molecule has 5 nitrogen and oxygen atoms in total. The van der Waals surface area contributed by atoms with Gasteiger partial charge in [-0.3, -0.25) is 4.79 Å². The third-order valence-electron chi connectivity index (χ3n) is 3.56. The number of amides is 1. The van der Waals surface area contributed by atoms with Crippen molar-refractivity contribution in [3.63, 3.8) is 0 Å². The van der Waals surface area contributed by atoms with Crippen LogP contribution >= 0.6 is 0 Å². The largest absolute Gasteiger partial charge is 0.485 e. The van der Waals surface area contributed by atoms with Gasteiger partial charge in [-0.15, -0.1) is 0 Å². The van der Waals surface area contributed by atoms with E-state index in [0.29, 0.717) is 37.4 Å². The molecule has 1 aromatic rings. The standard InChI is InChI=1S/C14H17NO4/c16-10-5-7-15(8-6-10)14(17)13-9-18-11-3-1-2-4-12(11)19-13/h1-4,10,13,16H,5-9H2/t13-/m0/s1. The molecule has 0 unspecified atom stereocenters. The van der Waals surface area contributed by atoms with Crippen LogP contribution in [0.4, 0.5) is 0 Å². The molecule has 0 saturated carbocycles. The summed E-state index contributed by atoms with van der Waals surface area (Å²) in [5.74, 6) is 1.24. The SMILES string of the molecule is O=C([C@@H]1COc2ccccc2O1)N1CCC(O)CC1. The van der Waals surface area contributed by atoms with E-state index in [1.165, 1.54) is 0 Å². The van der Waals surface area contributed by atoms with Crippen LogP contribution in [0.15, 0.2) is 24.3 Å². The highest BCUT2D eigenvalue weighted by Crippen LogP contribution is 2.31. The van der Waals surface area contributed by atoms with Gasteiger partial charge in [-0.1, -0.05) is 12.1 Å². The van der Waals surface area contributed by atoms with Crippen molar-refractivity contribution >= 4 is 5.91 Å². The van der Waals surface area contributed by atoms with Crippen LogP contribution in [0.1, 0.15) is 12.8 Å². The van der Waals surface area contributed by atoms with Gasteiger partial charge in [0.05, 0.1) is 6.10 Å². The van der Waals surface area contributed by atoms with Crippen molar-refractivity contribution < 1.29 is 19.4 Å². The molecule has 0 spiro atoms. The number of aliphatic hydroxyl groups is 1. The van der Waals surface area contributed by atoms with Gasteiger partial charge in [0.25, 0.3) is 5.91 Å². The number of piperidine rings is 1. The van der Waals surface area contributed by atoms with Crippen molar-refractivity contribution in [1.82, 2.24) is 4.90 Å². The molecule has 0 aromatic heterocycles. The average molecular weight is 263 g/mol. The Labute approximate surface area is 111 Å². The van der Waals surface area contributed by atoms with Crippen molar-refractivity contribution in [3.8, 4) is 11.5 Å².